The summed E-state index contributed by atoms with van der Waals surface area (Å²) in [4.78, 5) is 32.1. The van der Waals surface area contributed by atoms with E-state index in [0.29, 0.717) is 35.4 Å². The summed E-state index contributed by atoms with van der Waals surface area (Å²) >= 11 is 0. The third kappa shape index (κ3) is 3.29. The standard InChI is InChI=1S/C21H21N5O3/c1-12(27)25-18-16-9-14(22)11-24-20(16)26(19(18)21(28)29-2)8-7-13-10-23-17-6-4-3-5-15(13)17/h3-6,9-11,23H,7-8,22H2,1-2H3,(H,25,27). The van der Waals surface area contributed by atoms with Crippen molar-refractivity contribution in [1.29, 1.82) is 0 Å². The zero-order chi connectivity index (χ0) is 20.5. The van der Waals surface area contributed by atoms with Crippen molar-refractivity contribution in [2.24, 2.45) is 0 Å². The number of aromatic nitrogens is 3. The molecule has 1 aromatic carbocycles. The number of aryl methyl sites for hydroxylation is 2. The molecule has 0 spiro atoms. The summed E-state index contributed by atoms with van der Waals surface area (Å²) < 4.78 is 6.76. The van der Waals surface area contributed by atoms with Crippen LogP contribution in [0, 0.1) is 0 Å². The monoisotopic (exact) mass is 391 g/mol. The lowest BCUT2D eigenvalue weighted by Crippen LogP contribution is -2.16. The number of hydrogen-bond acceptors (Lipinski definition) is 5. The molecule has 8 nitrogen and oxygen atoms in total. The third-order valence-electron chi connectivity index (χ3n) is 4.88. The lowest BCUT2D eigenvalue weighted by molar-refractivity contribution is -0.114. The maximum atomic E-state index is 12.6. The smallest absolute Gasteiger partial charge is 0.356 e. The fourth-order valence-electron chi connectivity index (χ4n) is 3.64. The van der Waals surface area contributed by atoms with Gasteiger partial charge in [0.15, 0.2) is 5.69 Å². The second-order valence-corrected chi connectivity index (χ2v) is 6.80. The predicted octanol–water partition coefficient (Wildman–Crippen LogP) is 3.09. The van der Waals surface area contributed by atoms with E-state index in [-0.39, 0.29) is 11.6 Å². The van der Waals surface area contributed by atoms with E-state index in [1.165, 1.54) is 20.2 Å². The number of H-pyrrole nitrogens is 1. The van der Waals surface area contributed by atoms with Crippen LogP contribution in [0.25, 0.3) is 21.9 Å². The SMILES string of the molecule is COC(=O)c1c(NC(C)=O)c2cc(N)cnc2n1CCc1c[nH]c2ccccc12. The van der Waals surface area contributed by atoms with Gasteiger partial charge in [-0.15, -0.1) is 0 Å². The molecule has 0 aliphatic carbocycles. The lowest BCUT2D eigenvalue weighted by Gasteiger charge is -2.10. The molecular weight excluding hydrogens is 370 g/mol. The first kappa shape index (κ1) is 18.5. The van der Waals surface area contributed by atoms with Gasteiger partial charge in [-0.3, -0.25) is 4.79 Å². The molecule has 0 aliphatic heterocycles. The lowest BCUT2D eigenvalue weighted by atomic mass is 10.1. The highest BCUT2D eigenvalue weighted by Crippen LogP contribution is 2.32. The topological polar surface area (TPSA) is 115 Å². The van der Waals surface area contributed by atoms with Gasteiger partial charge in [0.2, 0.25) is 5.91 Å². The number of benzene rings is 1. The normalized spacial score (nSPS) is 11.1. The predicted molar refractivity (Wildman–Crippen MR) is 112 cm³/mol. The number of carbonyl (C=O) groups is 2. The van der Waals surface area contributed by atoms with Gasteiger partial charge in [-0.05, 0) is 24.1 Å². The van der Waals surface area contributed by atoms with Crippen molar-refractivity contribution in [3.63, 3.8) is 0 Å². The summed E-state index contributed by atoms with van der Waals surface area (Å²) in [6.07, 6.45) is 4.15. The van der Waals surface area contributed by atoms with Gasteiger partial charge >= 0.3 is 5.97 Å². The molecule has 0 bridgehead atoms. The fraction of sp³-hybridized carbons (Fsp3) is 0.190. The number of esters is 1. The Labute approximate surface area is 166 Å². The van der Waals surface area contributed by atoms with E-state index < -0.39 is 5.97 Å². The van der Waals surface area contributed by atoms with Crippen LogP contribution in [0.1, 0.15) is 23.0 Å². The molecular formula is C21H21N5O3. The summed E-state index contributed by atoms with van der Waals surface area (Å²) in [5.74, 6) is -0.850. The highest BCUT2D eigenvalue weighted by Gasteiger charge is 2.25. The van der Waals surface area contributed by atoms with Gasteiger partial charge in [0.05, 0.1) is 24.7 Å². The van der Waals surface area contributed by atoms with Gasteiger partial charge in [0.1, 0.15) is 5.65 Å². The maximum absolute atomic E-state index is 12.6. The summed E-state index contributed by atoms with van der Waals surface area (Å²) in [5.41, 5.74) is 9.68. The molecule has 0 atom stereocenters. The number of fused-ring (bicyclic) bond motifs is 2. The number of ether oxygens (including phenoxy) is 1. The maximum Gasteiger partial charge on any atom is 0.356 e. The number of carbonyl (C=O) groups excluding carboxylic acids is 2. The molecule has 0 saturated heterocycles. The third-order valence-corrected chi connectivity index (χ3v) is 4.88. The molecule has 3 heterocycles. The van der Waals surface area contributed by atoms with Gasteiger partial charge in [0.25, 0.3) is 0 Å². The number of amides is 1. The molecule has 0 saturated carbocycles. The molecule has 0 unspecified atom stereocenters. The number of nitrogens with one attached hydrogen (secondary N) is 2. The summed E-state index contributed by atoms with van der Waals surface area (Å²) in [5, 5.41) is 4.46. The Bertz CT molecular complexity index is 1240. The number of rotatable bonds is 5. The average Bonchev–Trinajstić information content (AvgIpc) is 3.24. The van der Waals surface area contributed by atoms with Crippen LogP contribution in [0.4, 0.5) is 11.4 Å². The average molecular weight is 391 g/mol. The second kappa shape index (κ2) is 7.31. The van der Waals surface area contributed by atoms with Crippen LogP contribution in [-0.4, -0.2) is 33.5 Å². The van der Waals surface area contributed by atoms with Crippen molar-refractivity contribution < 1.29 is 14.3 Å². The van der Waals surface area contributed by atoms with E-state index in [1.54, 1.807) is 10.6 Å². The van der Waals surface area contributed by atoms with Gasteiger partial charge in [0, 0.05) is 36.0 Å². The number of methoxy groups -OCH3 is 1. The molecule has 8 heteroatoms. The molecule has 0 radical (unpaired) electrons. The molecule has 0 fully saturated rings. The van der Waals surface area contributed by atoms with Gasteiger partial charge in [-0.2, -0.15) is 0 Å². The number of hydrogen-bond donors (Lipinski definition) is 3. The van der Waals surface area contributed by atoms with Crippen LogP contribution >= 0.6 is 0 Å². The van der Waals surface area contributed by atoms with Crippen LogP contribution in [0.15, 0.2) is 42.7 Å². The number of nitrogens with zero attached hydrogens (tertiary/aromatic N) is 2. The summed E-state index contributed by atoms with van der Waals surface area (Å²) in [6.45, 7) is 1.86. The highest BCUT2D eigenvalue weighted by atomic mass is 16.5. The number of aromatic amines is 1. The van der Waals surface area contributed by atoms with Crippen LogP contribution in [-0.2, 0) is 22.5 Å². The Balaban J connectivity index is 1.83. The van der Waals surface area contributed by atoms with Crippen molar-refractivity contribution in [2.75, 3.05) is 18.2 Å². The van der Waals surface area contributed by atoms with Crippen LogP contribution in [0.3, 0.4) is 0 Å². The van der Waals surface area contributed by atoms with E-state index in [4.69, 9.17) is 10.5 Å². The first-order valence-corrected chi connectivity index (χ1v) is 9.18. The number of pyridine rings is 1. The Hall–Kier alpha value is -3.81. The van der Waals surface area contributed by atoms with Crippen LogP contribution < -0.4 is 11.1 Å². The molecule has 148 valence electrons. The molecule has 4 aromatic rings. The largest absolute Gasteiger partial charge is 0.464 e. The van der Waals surface area contributed by atoms with Gasteiger partial charge < -0.3 is 25.3 Å². The minimum absolute atomic E-state index is 0.246. The van der Waals surface area contributed by atoms with Gasteiger partial charge in [-0.25, -0.2) is 9.78 Å². The first-order chi connectivity index (χ1) is 14.0. The van der Waals surface area contributed by atoms with Crippen molar-refractivity contribution >= 4 is 45.2 Å². The molecule has 4 rings (SSSR count). The molecule has 1 amide bonds. The number of nitrogen functional groups attached to an aromatic ring is 1. The van der Waals surface area contributed by atoms with Crippen LogP contribution in [0.2, 0.25) is 0 Å². The summed E-state index contributed by atoms with van der Waals surface area (Å²) in [6, 6.07) is 9.73. The Morgan fingerprint density at radius 2 is 2.07 bits per heavy atom. The Morgan fingerprint density at radius 1 is 1.28 bits per heavy atom. The van der Waals surface area contributed by atoms with Crippen molar-refractivity contribution in [3.8, 4) is 0 Å². The fourth-order valence-corrected chi connectivity index (χ4v) is 3.64. The van der Waals surface area contributed by atoms with E-state index >= 15 is 0 Å². The molecule has 0 aliphatic rings. The van der Waals surface area contributed by atoms with E-state index in [1.807, 2.05) is 24.4 Å². The Kier molecular flexibility index (Phi) is 4.67. The molecule has 4 N–H and O–H groups in total. The Morgan fingerprint density at radius 3 is 2.83 bits per heavy atom. The summed E-state index contributed by atoms with van der Waals surface area (Å²) in [7, 11) is 1.31. The van der Waals surface area contributed by atoms with E-state index in [9.17, 15) is 9.59 Å². The highest BCUT2D eigenvalue weighted by molar-refractivity contribution is 6.10. The van der Waals surface area contributed by atoms with Crippen molar-refractivity contribution in [1.82, 2.24) is 14.5 Å². The quantitative estimate of drug-likeness (QED) is 0.452. The first-order valence-electron chi connectivity index (χ1n) is 9.18. The molecule has 3 aromatic heterocycles. The molecule has 29 heavy (non-hydrogen) atoms. The van der Waals surface area contributed by atoms with Gasteiger partial charge in [-0.1, -0.05) is 18.2 Å². The minimum atomic E-state index is -0.552. The van der Waals surface area contributed by atoms with E-state index in [0.717, 1.165) is 16.5 Å². The number of anilines is 2. The zero-order valence-electron chi connectivity index (χ0n) is 16.2. The van der Waals surface area contributed by atoms with Crippen molar-refractivity contribution in [2.45, 2.75) is 19.9 Å². The minimum Gasteiger partial charge on any atom is -0.464 e. The van der Waals surface area contributed by atoms with E-state index in [2.05, 4.69) is 21.4 Å². The van der Waals surface area contributed by atoms with Crippen molar-refractivity contribution in [3.05, 3.63) is 54.0 Å². The van der Waals surface area contributed by atoms with Crippen LogP contribution in [0.5, 0.6) is 0 Å². The number of para-hydroxylation sites is 1. The number of nitrogens with two attached hydrogens (primary N) is 1. The zero-order valence-corrected chi connectivity index (χ0v) is 16.2. The second-order valence-electron chi connectivity index (χ2n) is 6.80.